The maximum Gasteiger partial charge on any atom is 0.264 e. The second kappa shape index (κ2) is 10.8. The van der Waals surface area contributed by atoms with Gasteiger partial charge in [0, 0.05) is 60.8 Å². The zero-order chi connectivity index (χ0) is 26.7. The number of methoxy groups -OCH3 is 1. The maximum atomic E-state index is 13.1. The van der Waals surface area contributed by atoms with Gasteiger partial charge < -0.3 is 9.64 Å². The Bertz CT molecular complexity index is 1550. The van der Waals surface area contributed by atoms with E-state index in [1.807, 2.05) is 42.5 Å². The summed E-state index contributed by atoms with van der Waals surface area (Å²) in [7, 11) is -2.09. The number of para-hydroxylation sites is 2. The van der Waals surface area contributed by atoms with Gasteiger partial charge in [0.15, 0.2) is 0 Å². The van der Waals surface area contributed by atoms with E-state index in [1.54, 1.807) is 43.6 Å². The largest absolute Gasteiger partial charge is 0.496 e. The normalized spacial score (nSPS) is 16.4. The number of fused-ring (bicyclic) bond motifs is 1. The highest BCUT2D eigenvalue weighted by Crippen LogP contribution is 2.28. The number of ether oxygens (including phenoxy) is 1. The third-order valence-electron chi connectivity index (χ3n) is 7.00. The molecule has 5 rings (SSSR count). The molecular formula is C30H32N4O3S. The summed E-state index contributed by atoms with van der Waals surface area (Å²) >= 11 is 0. The van der Waals surface area contributed by atoms with E-state index in [1.165, 1.54) is 5.56 Å². The maximum absolute atomic E-state index is 13.1. The van der Waals surface area contributed by atoms with Gasteiger partial charge in [0.2, 0.25) is 0 Å². The van der Waals surface area contributed by atoms with Crippen molar-refractivity contribution in [2.45, 2.75) is 24.4 Å². The van der Waals surface area contributed by atoms with E-state index in [9.17, 15) is 8.42 Å². The molecule has 0 saturated carbocycles. The lowest BCUT2D eigenvalue weighted by molar-refractivity contribution is 0.122. The summed E-state index contributed by atoms with van der Waals surface area (Å²) in [6.45, 7) is 10.1. The molecule has 3 aromatic carbocycles. The standard InChI is InChI=1S/C30H32N4O3S/c1-22-20-33(21-26-8-4-5-11-28(26)37-3)18-19-34(22)23(2)24-13-15-27(16-14-24)32-38(35,36)29-12-6-9-25-10-7-17-31-30(25)29/h4-17,22,32H,2,18-21H2,1,3H3. The van der Waals surface area contributed by atoms with Gasteiger partial charge in [-0.15, -0.1) is 0 Å². The first-order chi connectivity index (χ1) is 18.4. The molecule has 0 bridgehead atoms. The molecule has 1 aliphatic heterocycles. The molecule has 1 aliphatic rings. The zero-order valence-electron chi connectivity index (χ0n) is 21.7. The average Bonchev–Trinajstić information content (AvgIpc) is 2.93. The SMILES string of the molecule is C=C(c1ccc(NS(=O)(=O)c2cccc3cccnc23)cc1)N1CCN(Cc2ccccc2OC)CC1C. The summed E-state index contributed by atoms with van der Waals surface area (Å²) in [5, 5.41) is 0.777. The second-order valence-corrected chi connectivity index (χ2v) is 11.2. The number of benzene rings is 3. The molecule has 1 saturated heterocycles. The van der Waals surface area contributed by atoms with Crippen LogP contribution in [0.3, 0.4) is 0 Å². The van der Waals surface area contributed by atoms with Gasteiger partial charge in [0.1, 0.15) is 10.6 Å². The van der Waals surface area contributed by atoms with Crippen molar-refractivity contribution in [1.29, 1.82) is 0 Å². The van der Waals surface area contributed by atoms with E-state index >= 15 is 0 Å². The molecule has 0 amide bonds. The molecule has 196 valence electrons. The monoisotopic (exact) mass is 528 g/mol. The molecule has 4 aromatic rings. The number of anilines is 1. The number of sulfonamides is 1. The molecule has 2 heterocycles. The minimum atomic E-state index is -3.80. The molecule has 7 nitrogen and oxygen atoms in total. The fraction of sp³-hybridized carbons (Fsp3) is 0.233. The first-order valence-electron chi connectivity index (χ1n) is 12.6. The van der Waals surface area contributed by atoms with Gasteiger partial charge in [0.25, 0.3) is 10.0 Å². The predicted octanol–water partition coefficient (Wildman–Crippen LogP) is 5.22. The summed E-state index contributed by atoms with van der Waals surface area (Å²) in [6, 6.07) is 24.6. The van der Waals surface area contributed by atoms with Crippen LogP contribution in [0.1, 0.15) is 18.1 Å². The Morgan fingerprint density at radius 3 is 2.55 bits per heavy atom. The Kier molecular flexibility index (Phi) is 7.35. The van der Waals surface area contributed by atoms with Gasteiger partial charge in [-0.05, 0) is 42.8 Å². The van der Waals surface area contributed by atoms with Crippen LogP contribution in [0.4, 0.5) is 5.69 Å². The lowest BCUT2D eigenvalue weighted by atomic mass is 10.1. The van der Waals surface area contributed by atoms with Crippen molar-refractivity contribution >= 4 is 32.3 Å². The van der Waals surface area contributed by atoms with Crippen LogP contribution in [-0.4, -0.2) is 56.0 Å². The topological polar surface area (TPSA) is 74.8 Å². The zero-order valence-corrected chi connectivity index (χ0v) is 22.5. The predicted molar refractivity (Wildman–Crippen MR) is 152 cm³/mol. The van der Waals surface area contributed by atoms with Crippen LogP contribution < -0.4 is 9.46 Å². The van der Waals surface area contributed by atoms with E-state index in [0.29, 0.717) is 11.2 Å². The van der Waals surface area contributed by atoms with Crippen molar-refractivity contribution in [1.82, 2.24) is 14.8 Å². The van der Waals surface area contributed by atoms with E-state index in [0.717, 1.165) is 48.6 Å². The van der Waals surface area contributed by atoms with E-state index in [2.05, 4.69) is 39.1 Å². The molecule has 1 fully saturated rings. The van der Waals surface area contributed by atoms with E-state index in [4.69, 9.17) is 4.74 Å². The number of piperazine rings is 1. The third kappa shape index (κ3) is 5.37. The quantitative estimate of drug-likeness (QED) is 0.338. The fourth-order valence-corrected chi connectivity index (χ4v) is 6.29. The molecule has 0 aliphatic carbocycles. The number of nitrogens with zero attached hydrogens (tertiary/aromatic N) is 3. The molecule has 0 radical (unpaired) electrons. The smallest absolute Gasteiger partial charge is 0.264 e. The van der Waals surface area contributed by atoms with Gasteiger partial charge in [-0.1, -0.05) is 55.1 Å². The second-order valence-electron chi connectivity index (χ2n) is 9.55. The van der Waals surface area contributed by atoms with Crippen molar-refractivity contribution < 1.29 is 13.2 Å². The fourth-order valence-electron chi connectivity index (χ4n) is 5.05. The number of rotatable bonds is 8. The van der Waals surface area contributed by atoms with Crippen LogP contribution in [0.15, 0.2) is 96.5 Å². The molecule has 1 unspecified atom stereocenters. The highest BCUT2D eigenvalue weighted by Gasteiger charge is 2.26. The minimum Gasteiger partial charge on any atom is -0.496 e. The highest BCUT2D eigenvalue weighted by molar-refractivity contribution is 7.93. The van der Waals surface area contributed by atoms with Gasteiger partial charge in [0.05, 0.1) is 12.6 Å². The summed E-state index contributed by atoms with van der Waals surface area (Å²) in [4.78, 5) is 9.19. The van der Waals surface area contributed by atoms with Crippen LogP contribution >= 0.6 is 0 Å². The Hall–Kier alpha value is -3.88. The van der Waals surface area contributed by atoms with Crippen LogP contribution in [0.5, 0.6) is 5.75 Å². The number of pyridine rings is 1. The first kappa shape index (κ1) is 25.8. The summed E-state index contributed by atoms with van der Waals surface area (Å²) in [6.07, 6.45) is 1.60. The molecule has 0 spiro atoms. The van der Waals surface area contributed by atoms with Crippen LogP contribution in [0.25, 0.3) is 16.6 Å². The van der Waals surface area contributed by atoms with Crippen LogP contribution in [-0.2, 0) is 16.6 Å². The third-order valence-corrected chi connectivity index (χ3v) is 8.41. The van der Waals surface area contributed by atoms with Gasteiger partial charge in [-0.25, -0.2) is 8.42 Å². The number of hydrogen-bond donors (Lipinski definition) is 1. The lowest BCUT2D eigenvalue weighted by Crippen LogP contribution is -2.50. The molecule has 1 aromatic heterocycles. The van der Waals surface area contributed by atoms with Gasteiger partial charge in [-0.3, -0.25) is 14.6 Å². The Labute approximate surface area is 224 Å². The van der Waals surface area contributed by atoms with Crippen LogP contribution in [0, 0.1) is 0 Å². The highest BCUT2D eigenvalue weighted by atomic mass is 32.2. The number of nitrogens with one attached hydrogen (secondary N) is 1. The summed E-state index contributed by atoms with van der Waals surface area (Å²) < 4.78 is 34.5. The van der Waals surface area contributed by atoms with Crippen molar-refractivity contribution in [3.63, 3.8) is 0 Å². The Morgan fingerprint density at radius 2 is 1.79 bits per heavy atom. The molecular weight excluding hydrogens is 496 g/mol. The van der Waals surface area contributed by atoms with Crippen molar-refractivity contribution in [3.05, 3.63) is 103 Å². The summed E-state index contributed by atoms with van der Waals surface area (Å²) in [5.74, 6) is 0.916. The van der Waals surface area contributed by atoms with E-state index in [-0.39, 0.29) is 10.9 Å². The Balaban J connectivity index is 1.24. The van der Waals surface area contributed by atoms with Gasteiger partial charge in [-0.2, -0.15) is 0 Å². The van der Waals surface area contributed by atoms with Crippen molar-refractivity contribution in [3.8, 4) is 5.75 Å². The average molecular weight is 529 g/mol. The number of hydrogen-bond acceptors (Lipinski definition) is 6. The lowest BCUT2D eigenvalue weighted by Gasteiger charge is -2.42. The molecule has 1 N–H and O–H groups in total. The van der Waals surface area contributed by atoms with Crippen molar-refractivity contribution in [2.75, 3.05) is 31.5 Å². The van der Waals surface area contributed by atoms with Crippen LogP contribution in [0.2, 0.25) is 0 Å². The van der Waals surface area contributed by atoms with E-state index < -0.39 is 10.0 Å². The Morgan fingerprint density at radius 1 is 1.03 bits per heavy atom. The molecule has 38 heavy (non-hydrogen) atoms. The molecule has 1 atom stereocenters. The molecule has 8 heteroatoms. The number of aromatic nitrogens is 1. The minimum absolute atomic E-state index is 0.156. The first-order valence-corrected chi connectivity index (χ1v) is 14.1. The van der Waals surface area contributed by atoms with Crippen molar-refractivity contribution in [2.24, 2.45) is 0 Å². The van der Waals surface area contributed by atoms with Gasteiger partial charge >= 0.3 is 0 Å². The summed E-state index contributed by atoms with van der Waals surface area (Å²) in [5.41, 5.74) is 4.02.